The number of hydrogen-bond donors (Lipinski definition) is 1. The van der Waals surface area contributed by atoms with Gasteiger partial charge in [-0.15, -0.1) is 0 Å². The van der Waals surface area contributed by atoms with Crippen LogP contribution in [0.1, 0.15) is 34.1 Å². The maximum Gasteiger partial charge on any atom is 0.415 e. The molecular formula is C16H24N2O4. The van der Waals surface area contributed by atoms with Gasteiger partial charge < -0.3 is 14.7 Å². The van der Waals surface area contributed by atoms with E-state index in [2.05, 4.69) is 0 Å². The zero-order valence-corrected chi connectivity index (χ0v) is 13.6. The van der Waals surface area contributed by atoms with Crippen molar-refractivity contribution < 1.29 is 19.4 Å². The molecule has 1 aromatic rings. The first-order valence-electron chi connectivity index (χ1n) is 7.49. The molecule has 0 unspecified atom stereocenters. The maximum absolute atomic E-state index is 12.1. The number of nitrogens with zero attached hydrogens (tertiary/aromatic N) is 2. The lowest BCUT2D eigenvalue weighted by Crippen LogP contribution is -2.38. The minimum atomic E-state index is -1.03. The van der Waals surface area contributed by atoms with Crippen LogP contribution in [0.2, 0.25) is 0 Å². The third kappa shape index (κ3) is 4.65. The summed E-state index contributed by atoms with van der Waals surface area (Å²) in [7, 11) is 0. The van der Waals surface area contributed by atoms with E-state index in [0.717, 1.165) is 0 Å². The van der Waals surface area contributed by atoms with Crippen LogP contribution in [-0.2, 0) is 0 Å². The van der Waals surface area contributed by atoms with Crippen LogP contribution in [0.3, 0.4) is 0 Å². The van der Waals surface area contributed by atoms with Crippen molar-refractivity contribution in [2.75, 3.05) is 18.0 Å². The summed E-state index contributed by atoms with van der Waals surface area (Å²) in [6, 6.07) is 6.60. The number of rotatable bonds is 6. The van der Waals surface area contributed by atoms with E-state index in [4.69, 9.17) is 4.74 Å². The van der Waals surface area contributed by atoms with Gasteiger partial charge in [-0.3, -0.25) is 4.90 Å². The summed E-state index contributed by atoms with van der Waals surface area (Å²) in [5.41, 5.74) is 0.493. The second kappa shape index (κ2) is 8.26. The zero-order chi connectivity index (χ0) is 16.7. The molecule has 0 bridgehead atoms. The Bertz CT molecular complexity index is 517. The SMILES string of the molecule is CCCN(C(=O)O)c1cccc(OC(=O)N(CC)C(C)C)c1. The van der Waals surface area contributed by atoms with Gasteiger partial charge in [-0.2, -0.15) is 0 Å². The van der Waals surface area contributed by atoms with Crippen molar-refractivity contribution in [1.82, 2.24) is 4.90 Å². The van der Waals surface area contributed by atoms with Crippen LogP contribution >= 0.6 is 0 Å². The van der Waals surface area contributed by atoms with Crippen molar-refractivity contribution in [1.29, 1.82) is 0 Å². The van der Waals surface area contributed by atoms with Crippen LogP contribution in [-0.4, -0.2) is 41.3 Å². The lowest BCUT2D eigenvalue weighted by Gasteiger charge is -2.24. The molecule has 2 amide bonds. The summed E-state index contributed by atoms with van der Waals surface area (Å²) in [5, 5.41) is 9.24. The van der Waals surface area contributed by atoms with Gasteiger partial charge in [0.2, 0.25) is 0 Å². The summed E-state index contributed by atoms with van der Waals surface area (Å²) in [6.07, 6.45) is -0.762. The molecule has 0 saturated heterocycles. The Morgan fingerprint density at radius 3 is 2.45 bits per heavy atom. The Morgan fingerprint density at radius 2 is 1.95 bits per heavy atom. The van der Waals surface area contributed by atoms with Crippen LogP contribution in [0.5, 0.6) is 5.75 Å². The van der Waals surface area contributed by atoms with Crippen LogP contribution < -0.4 is 9.64 Å². The molecule has 0 aliphatic heterocycles. The van der Waals surface area contributed by atoms with Crippen LogP contribution in [0.4, 0.5) is 15.3 Å². The third-order valence-electron chi connectivity index (χ3n) is 3.21. The maximum atomic E-state index is 12.1. The molecule has 0 fully saturated rings. The number of carbonyl (C=O) groups is 2. The quantitative estimate of drug-likeness (QED) is 0.867. The van der Waals surface area contributed by atoms with Crippen molar-refractivity contribution in [2.24, 2.45) is 0 Å². The number of carboxylic acid groups (broad SMARTS) is 1. The number of benzene rings is 1. The molecule has 6 nitrogen and oxygen atoms in total. The van der Waals surface area contributed by atoms with Gasteiger partial charge in [0.1, 0.15) is 5.75 Å². The van der Waals surface area contributed by atoms with Gasteiger partial charge in [-0.05, 0) is 39.3 Å². The Hall–Kier alpha value is -2.24. The van der Waals surface area contributed by atoms with Crippen LogP contribution in [0, 0.1) is 0 Å². The molecule has 22 heavy (non-hydrogen) atoms. The predicted molar refractivity (Wildman–Crippen MR) is 85.6 cm³/mol. The fourth-order valence-electron chi connectivity index (χ4n) is 2.14. The standard InChI is InChI=1S/C16H24N2O4/c1-5-10-18(15(19)20)13-8-7-9-14(11-13)22-16(21)17(6-2)12(3)4/h7-9,11-12H,5-6,10H2,1-4H3,(H,19,20). The van der Waals surface area contributed by atoms with Crippen molar-refractivity contribution in [3.05, 3.63) is 24.3 Å². The third-order valence-corrected chi connectivity index (χ3v) is 3.21. The first-order chi connectivity index (χ1) is 10.4. The Labute approximate surface area is 131 Å². The zero-order valence-electron chi connectivity index (χ0n) is 13.6. The molecule has 1 N–H and O–H groups in total. The highest BCUT2D eigenvalue weighted by atomic mass is 16.6. The molecule has 0 saturated carbocycles. The summed E-state index contributed by atoms with van der Waals surface area (Å²) < 4.78 is 5.34. The number of hydrogen-bond acceptors (Lipinski definition) is 3. The van der Waals surface area contributed by atoms with E-state index >= 15 is 0 Å². The number of carbonyl (C=O) groups excluding carboxylic acids is 1. The van der Waals surface area contributed by atoms with Gasteiger partial charge in [-0.1, -0.05) is 13.0 Å². The molecule has 0 spiro atoms. The highest BCUT2D eigenvalue weighted by Gasteiger charge is 2.18. The van der Waals surface area contributed by atoms with Crippen molar-refractivity contribution in [3.8, 4) is 5.75 Å². The van der Waals surface area contributed by atoms with E-state index in [0.29, 0.717) is 30.9 Å². The molecular weight excluding hydrogens is 284 g/mol. The van der Waals surface area contributed by atoms with E-state index in [9.17, 15) is 14.7 Å². The van der Waals surface area contributed by atoms with Gasteiger partial charge in [-0.25, -0.2) is 9.59 Å². The van der Waals surface area contributed by atoms with E-state index in [1.54, 1.807) is 29.2 Å². The minimum Gasteiger partial charge on any atom is -0.465 e. The lowest BCUT2D eigenvalue weighted by atomic mass is 10.2. The van der Waals surface area contributed by atoms with Crippen LogP contribution in [0.25, 0.3) is 0 Å². The van der Waals surface area contributed by atoms with E-state index < -0.39 is 12.2 Å². The van der Waals surface area contributed by atoms with E-state index in [1.165, 1.54) is 4.90 Å². The predicted octanol–water partition coefficient (Wildman–Crippen LogP) is 3.81. The van der Waals surface area contributed by atoms with Gasteiger partial charge >= 0.3 is 12.2 Å². The minimum absolute atomic E-state index is 0.0382. The Morgan fingerprint density at radius 1 is 1.27 bits per heavy atom. The topological polar surface area (TPSA) is 70.1 Å². The molecule has 122 valence electrons. The molecule has 0 heterocycles. The van der Waals surface area contributed by atoms with Gasteiger partial charge in [0.05, 0.1) is 5.69 Å². The van der Waals surface area contributed by atoms with Crippen molar-refractivity contribution in [3.63, 3.8) is 0 Å². The Balaban J connectivity index is 2.92. The Kier molecular flexibility index (Phi) is 6.69. The second-order valence-electron chi connectivity index (χ2n) is 5.18. The molecule has 0 aliphatic rings. The first-order valence-corrected chi connectivity index (χ1v) is 7.49. The lowest BCUT2D eigenvalue weighted by molar-refractivity contribution is 0.142. The molecule has 0 atom stereocenters. The monoisotopic (exact) mass is 308 g/mol. The van der Waals surface area contributed by atoms with Crippen molar-refractivity contribution >= 4 is 17.9 Å². The summed E-state index contributed by atoms with van der Waals surface area (Å²) in [6.45, 7) is 8.54. The van der Waals surface area contributed by atoms with E-state index in [1.807, 2.05) is 27.7 Å². The highest BCUT2D eigenvalue weighted by Crippen LogP contribution is 2.22. The highest BCUT2D eigenvalue weighted by molar-refractivity contribution is 5.86. The van der Waals surface area contributed by atoms with Crippen LogP contribution in [0.15, 0.2) is 24.3 Å². The molecule has 0 aromatic heterocycles. The summed E-state index contributed by atoms with van der Waals surface area (Å²) in [4.78, 5) is 26.2. The fourth-order valence-corrected chi connectivity index (χ4v) is 2.14. The molecule has 1 aromatic carbocycles. The average molecular weight is 308 g/mol. The summed E-state index contributed by atoms with van der Waals surface area (Å²) in [5.74, 6) is 0.337. The fraction of sp³-hybridized carbons (Fsp3) is 0.500. The molecule has 1 rings (SSSR count). The average Bonchev–Trinajstić information content (AvgIpc) is 2.44. The molecule has 0 radical (unpaired) electrons. The number of anilines is 1. The number of ether oxygens (including phenoxy) is 1. The van der Waals surface area contributed by atoms with Gasteiger partial charge in [0.15, 0.2) is 0 Å². The normalized spacial score (nSPS) is 10.4. The smallest absolute Gasteiger partial charge is 0.415 e. The first kappa shape index (κ1) is 17.8. The second-order valence-corrected chi connectivity index (χ2v) is 5.18. The summed E-state index contributed by atoms with van der Waals surface area (Å²) >= 11 is 0. The largest absolute Gasteiger partial charge is 0.465 e. The van der Waals surface area contributed by atoms with Gasteiger partial charge in [0, 0.05) is 25.2 Å². The van der Waals surface area contributed by atoms with Crippen molar-refractivity contribution in [2.45, 2.75) is 40.2 Å². The molecule has 6 heteroatoms. The molecule has 0 aliphatic carbocycles. The number of amides is 2. The van der Waals surface area contributed by atoms with E-state index in [-0.39, 0.29) is 6.04 Å². The van der Waals surface area contributed by atoms with Gasteiger partial charge in [0.25, 0.3) is 0 Å².